The van der Waals surface area contributed by atoms with E-state index in [9.17, 15) is 4.39 Å². The van der Waals surface area contributed by atoms with Crippen molar-refractivity contribution in [3.8, 4) is 5.69 Å². The van der Waals surface area contributed by atoms with Crippen molar-refractivity contribution in [2.75, 3.05) is 11.9 Å². The Morgan fingerprint density at radius 3 is 2.95 bits per heavy atom. The van der Waals surface area contributed by atoms with Crippen LogP contribution in [0.25, 0.3) is 5.69 Å². The summed E-state index contributed by atoms with van der Waals surface area (Å²) in [5.74, 6) is 0.323. The SMILES string of the molecule is CCCCNc1nccn1-c1c(Cl)cc(F)cc1Br. The zero-order valence-electron chi connectivity index (χ0n) is 10.5. The predicted octanol–water partition coefficient (Wildman–Crippen LogP) is 4.64. The third-order valence-electron chi connectivity index (χ3n) is 2.68. The van der Waals surface area contributed by atoms with E-state index in [2.05, 4.69) is 33.2 Å². The lowest BCUT2D eigenvalue weighted by atomic mass is 10.3. The maximum Gasteiger partial charge on any atom is 0.207 e. The number of rotatable bonds is 5. The maximum atomic E-state index is 13.2. The maximum absolute atomic E-state index is 13.2. The Hall–Kier alpha value is -1.07. The third-order valence-corrected chi connectivity index (χ3v) is 3.57. The summed E-state index contributed by atoms with van der Waals surface area (Å²) in [6.07, 6.45) is 5.64. The zero-order chi connectivity index (χ0) is 13.8. The van der Waals surface area contributed by atoms with Crippen LogP contribution in [0.4, 0.5) is 10.3 Å². The molecule has 0 aliphatic rings. The fourth-order valence-corrected chi connectivity index (χ4v) is 2.79. The Labute approximate surface area is 124 Å². The topological polar surface area (TPSA) is 29.9 Å². The normalized spacial score (nSPS) is 10.7. The van der Waals surface area contributed by atoms with Gasteiger partial charge in [-0.2, -0.15) is 0 Å². The molecule has 1 N–H and O–H groups in total. The number of anilines is 1. The number of nitrogens with zero attached hydrogens (tertiary/aromatic N) is 2. The second-order valence-corrected chi connectivity index (χ2v) is 5.38. The van der Waals surface area contributed by atoms with Crippen molar-refractivity contribution in [2.45, 2.75) is 19.8 Å². The largest absolute Gasteiger partial charge is 0.355 e. The summed E-state index contributed by atoms with van der Waals surface area (Å²) in [5, 5.41) is 3.58. The molecule has 0 amide bonds. The fraction of sp³-hybridized carbons (Fsp3) is 0.308. The molecule has 0 saturated carbocycles. The standard InChI is InChI=1S/C13H14BrClFN3/c1-2-3-4-17-13-18-5-6-19(13)12-10(14)7-9(16)8-11(12)15/h5-8H,2-4H2,1H3,(H,17,18). The fourth-order valence-electron chi connectivity index (χ4n) is 1.76. The number of hydrogen-bond acceptors (Lipinski definition) is 2. The number of unbranched alkanes of at least 4 members (excludes halogenated alkanes) is 1. The van der Waals surface area contributed by atoms with Crippen LogP contribution in [-0.4, -0.2) is 16.1 Å². The molecule has 1 aromatic carbocycles. The van der Waals surface area contributed by atoms with Crippen LogP contribution in [0.1, 0.15) is 19.8 Å². The van der Waals surface area contributed by atoms with Gasteiger partial charge in [-0.25, -0.2) is 9.37 Å². The van der Waals surface area contributed by atoms with Crippen LogP contribution in [0.15, 0.2) is 29.0 Å². The number of benzene rings is 1. The van der Waals surface area contributed by atoms with Crippen LogP contribution in [0.2, 0.25) is 5.02 Å². The smallest absolute Gasteiger partial charge is 0.207 e. The van der Waals surface area contributed by atoms with Crippen molar-refractivity contribution in [2.24, 2.45) is 0 Å². The first-order valence-electron chi connectivity index (χ1n) is 6.05. The van der Waals surface area contributed by atoms with Gasteiger partial charge in [0.25, 0.3) is 0 Å². The van der Waals surface area contributed by atoms with Gasteiger partial charge in [-0.15, -0.1) is 0 Å². The first-order valence-corrected chi connectivity index (χ1v) is 7.22. The van der Waals surface area contributed by atoms with Gasteiger partial charge in [-0.3, -0.25) is 4.57 Å². The Morgan fingerprint density at radius 1 is 1.47 bits per heavy atom. The summed E-state index contributed by atoms with van der Waals surface area (Å²) >= 11 is 9.45. The van der Waals surface area contributed by atoms with Crippen molar-refractivity contribution < 1.29 is 4.39 Å². The van der Waals surface area contributed by atoms with Gasteiger partial charge >= 0.3 is 0 Å². The van der Waals surface area contributed by atoms with Gasteiger partial charge in [0, 0.05) is 23.4 Å². The zero-order valence-corrected chi connectivity index (χ0v) is 12.8. The monoisotopic (exact) mass is 345 g/mol. The van der Waals surface area contributed by atoms with Crippen LogP contribution < -0.4 is 5.32 Å². The molecule has 0 fully saturated rings. The molecule has 0 spiro atoms. The number of aromatic nitrogens is 2. The van der Waals surface area contributed by atoms with Crippen molar-refractivity contribution in [3.63, 3.8) is 0 Å². The number of hydrogen-bond donors (Lipinski definition) is 1. The molecule has 0 unspecified atom stereocenters. The van der Waals surface area contributed by atoms with Gasteiger partial charge in [0.15, 0.2) is 0 Å². The number of halogens is 3. The summed E-state index contributed by atoms with van der Waals surface area (Å²) in [5.41, 5.74) is 0.680. The number of imidazole rings is 1. The van der Waals surface area contributed by atoms with E-state index < -0.39 is 0 Å². The molecule has 6 heteroatoms. The molecule has 19 heavy (non-hydrogen) atoms. The lowest BCUT2D eigenvalue weighted by Gasteiger charge is -2.13. The van der Waals surface area contributed by atoms with Crippen molar-refractivity contribution in [1.29, 1.82) is 0 Å². The van der Waals surface area contributed by atoms with E-state index in [1.165, 1.54) is 12.1 Å². The minimum Gasteiger partial charge on any atom is -0.355 e. The van der Waals surface area contributed by atoms with Crippen molar-refractivity contribution in [1.82, 2.24) is 9.55 Å². The first-order chi connectivity index (χ1) is 9.13. The summed E-state index contributed by atoms with van der Waals surface area (Å²) in [6.45, 7) is 2.96. The summed E-state index contributed by atoms with van der Waals surface area (Å²) in [4.78, 5) is 4.25. The van der Waals surface area contributed by atoms with Crippen LogP contribution in [-0.2, 0) is 0 Å². The molecule has 1 heterocycles. The minimum atomic E-state index is -0.374. The summed E-state index contributed by atoms with van der Waals surface area (Å²) < 4.78 is 15.6. The van der Waals surface area contributed by atoms with Crippen LogP contribution >= 0.6 is 27.5 Å². The lowest BCUT2D eigenvalue weighted by molar-refractivity contribution is 0.626. The predicted molar refractivity (Wildman–Crippen MR) is 79.6 cm³/mol. The van der Waals surface area contributed by atoms with Gasteiger partial charge < -0.3 is 5.32 Å². The molecule has 3 nitrogen and oxygen atoms in total. The minimum absolute atomic E-state index is 0.336. The van der Waals surface area contributed by atoms with Crippen LogP contribution in [0.5, 0.6) is 0 Å². The molecule has 0 radical (unpaired) electrons. The van der Waals surface area contributed by atoms with Crippen LogP contribution in [0.3, 0.4) is 0 Å². The average Bonchev–Trinajstić information content (AvgIpc) is 2.76. The quantitative estimate of drug-likeness (QED) is 0.799. The Balaban J connectivity index is 2.35. The molecule has 0 aliphatic heterocycles. The highest BCUT2D eigenvalue weighted by Gasteiger charge is 2.13. The van der Waals surface area contributed by atoms with E-state index in [4.69, 9.17) is 11.6 Å². The van der Waals surface area contributed by atoms with Gasteiger partial charge in [-0.1, -0.05) is 24.9 Å². The van der Waals surface area contributed by atoms with Crippen molar-refractivity contribution in [3.05, 3.63) is 39.8 Å². The van der Waals surface area contributed by atoms with Crippen LogP contribution in [0, 0.1) is 5.82 Å². The molecular weight excluding hydrogens is 333 g/mol. The molecule has 1 aromatic heterocycles. The van der Waals surface area contributed by atoms with E-state index >= 15 is 0 Å². The van der Waals surface area contributed by atoms with E-state index in [1.807, 2.05) is 4.57 Å². The van der Waals surface area contributed by atoms with Gasteiger partial charge in [-0.05, 0) is 34.5 Å². The molecule has 0 atom stereocenters. The highest BCUT2D eigenvalue weighted by molar-refractivity contribution is 9.10. The molecule has 2 rings (SSSR count). The van der Waals surface area contributed by atoms with Gasteiger partial charge in [0.1, 0.15) is 5.82 Å². The highest BCUT2D eigenvalue weighted by atomic mass is 79.9. The molecule has 102 valence electrons. The van der Waals surface area contributed by atoms with E-state index in [0.29, 0.717) is 21.1 Å². The van der Waals surface area contributed by atoms with Gasteiger partial charge in [0.2, 0.25) is 5.95 Å². The van der Waals surface area contributed by atoms with Crippen molar-refractivity contribution >= 4 is 33.5 Å². The molecule has 2 aromatic rings. The first kappa shape index (κ1) is 14.3. The molecule has 0 aliphatic carbocycles. The van der Waals surface area contributed by atoms with E-state index in [-0.39, 0.29) is 5.82 Å². The number of nitrogens with one attached hydrogen (secondary N) is 1. The molecule has 0 bridgehead atoms. The Kier molecular flexibility index (Phi) is 4.82. The lowest BCUT2D eigenvalue weighted by Crippen LogP contribution is -2.08. The third kappa shape index (κ3) is 3.28. The second-order valence-electron chi connectivity index (χ2n) is 4.12. The summed E-state index contributed by atoms with van der Waals surface area (Å²) in [7, 11) is 0. The summed E-state index contributed by atoms with van der Waals surface area (Å²) in [6, 6.07) is 2.68. The second kappa shape index (κ2) is 6.39. The van der Waals surface area contributed by atoms with Gasteiger partial charge in [0.05, 0.1) is 10.7 Å². The average molecular weight is 347 g/mol. The Morgan fingerprint density at radius 2 is 2.26 bits per heavy atom. The highest BCUT2D eigenvalue weighted by Crippen LogP contribution is 2.31. The molecular formula is C13H14BrClFN3. The van der Waals surface area contributed by atoms with E-state index in [1.54, 1.807) is 12.4 Å². The molecule has 0 saturated heterocycles. The Bertz CT molecular complexity index is 548. The van der Waals surface area contributed by atoms with E-state index in [0.717, 1.165) is 19.4 Å².